The van der Waals surface area contributed by atoms with Crippen LogP contribution in [-0.4, -0.2) is 63.1 Å². The molecule has 0 aromatic heterocycles. The van der Waals surface area contributed by atoms with Crippen LogP contribution in [-0.2, 0) is 10.0 Å². The van der Waals surface area contributed by atoms with Gasteiger partial charge in [0.25, 0.3) is 0 Å². The normalized spacial score (nSPS) is 24.4. The molecule has 0 aromatic carbocycles. The molecule has 5 nitrogen and oxygen atoms in total. The van der Waals surface area contributed by atoms with Gasteiger partial charge in [-0.3, -0.25) is 0 Å². The third-order valence-electron chi connectivity index (χ3n) is 3.49. The molecular formula is C12H27N3O2S. The molecule has 0 spiro atoms. The van der Waals surface area contributed by atoms with Crippen molar-refractivity contribution in [2.24, 2.45) is 11.7 Å². The van der Waals surface area contributed by atoms with E-state index < -0.39 is 10.0 Å². The SMILES string of the molecule is CC(N)CCN(C)CC1CCCN(S(C)(=O)=O)C1. The zero-order valence-electron chi connectivity index (χ0n) is 11.8. The molecule has 1 aliphatic heterocycles. The first kappa shape index (κ1) is 15.9. The van der Waals surface area contributed by atoms with Gasteiger partial charge in [-0.15, -0.1) is 0 Å². The summed E-state index contributed by atoms with van der Waals surface area (Å²) in [7, 11) is -0.940. The molecule has 1 fully saturated rings. The largest absolute Gasteiger partial charge is 0.328 e. The summed E-state index contributed by atoms with van der Waals surface area (Å²) in [4.78, 5) is 2.26. The van der Waals surface area contributed by atoms with E-state index >= 15 is 0 Å². The minimum Gasteiger partial charge on any atom is -0.328 e. The summed E-state index contributed by atoms with van der Waals surface area (Å²) < 4.78 is 24.7. The molecule has 0 aromatic rings. The molecule has 1 heterocycles. The fourth-order valence-corrected chi connectivity index (χ4v) is 3.38. The molecule has 1 aliphatic rings. The summed E-state index contributed by atoms with van der Waals surface area (Å²) in [6.07, 6.45) is 4.38. The number of nitrogens with zero attached hydrogens (tertiary/aromatic N) is 2. The van der Waals surface area contributed by atoms with Crippen LogP contribution in [0.15, 0.2) is 0 Å². The van der Waals surface area contributed by atoms with E-state index in [4.69, 9.17) is 5.73 Å². The molecule has 0 aliphatic carbocycles. The predicted octanol–water partition coefficient (Wildman–Crippen LogP) is 0.327. The average Bonchev–Trinajstić information content (AvgIpc) is 2.25. The summed E-state index contributed by atoms with van der Waals surface area (Å²) in [6.45, 7) is 5.30. The Kier molecular flexibility index (Phi) is 6.04. The standard InChI is InChI=1S/C12H27N3O2S/c1-11(13)6-8-14(2)9-12-5-4-7-15(10-12)18(3,16)17/h11-12H,4-10,13H2,1-3H3. The topological polar surface area (TPSA) is 66.6 Å². The van der Waals surface area contributed by atoms with E-state index in [0.717, 1.165) is 32.4 Å². The second kappa shape index (κ2) is 6.84. The molecule has 18 heavy (non-hydrogen) atoms. The zero-order valence-corrected chi connectivity index (χ0v) is 12.6. The summed E-state index contributed by atoms with van der Waals surface area (Å²) in [5.41, 5.74) is 5.74. The van der Waals surface area contributed by atoms with Gasteiger partial charge in [0, 0.05) is 25.7 Å². The molecule has 2 unspecified atom stereocenters. The zero-order chi connectivity index (χ0) is 13.8. The molecule has 0 saturated carbocycles. The van der Waals surface area contributed by atoms with E-state index in [1.165, 1.54) is 6.26 Å². The fourth-order valence-electron chi connectivity index (χ4n) is 2.43. The minimum absolute atomic E-state index is 0.228. The summed E-state index contributed by atoms with van der Waals surface area (Å²) in [6, 6.07) is 0.228. The van der Waals surface area contributed by atoms with Crippen molar-refractivity contribution in [1.82, 2.24) is 9.21 Å². The Hall–Kier alpha value is -0.170. The van der Waals surface area contributed by atoms with Gasteiger partial charge in [-0.2, -0.15) is 0 Å². The Bertz CT molecular complexity index is 343. The van der Waals surface area contributed by atoms with Crippen molar-refractivity contribution in [3.63, 3.8) is 0 Å². The highest BCUT2D eigenvalue weighted by Crippen LogP contribution is 2.19. The first-order valence-corrected chi connectivity index (χ1v) is 8.53. The second-order valence-corrected chi connectivity index (χ2v) is 7.64. The van der Waals surface area contributed by atoms with E-state index in [0.29, 0.717) is 19.0 Å². The highest BCUT2D eigenvalue weighted by molar-refractivity contribution is 7.88. The number of hydrogen-bond donors (Lipinski definition) is 1. The lowest BCUT2D eigenvalue weighted by Crippen LogP contribution is -2.43. The van der Waals surface area contributed by atoms with Crippen LogP contribution in [0.2, 0.25) is 0 Å². The van der Waals surface area contributed by atoms with Crippen molar-refractivity contribution in [2.75, 3.05) is 39.5 Å². The van der Waals surface area contributed by atoms with Crippen LogP contribution in [0.4, 0.5) is 0 Å². The third-order valence-corrected chi connectivity index (χ3v) is 4.76. The van der Waals surface area contributed by atoms with Crippen molar-refractivity contribution in [3.8, 4) is 0 Å². The van der Waals surface area contributed by atoms with Crippen LogP contribution in [0.25, 0.3) is 0 Å². The quantitative estimate of drug-likeness (QED) is 0.759. The first-order chi connectivity index (χ1) is 8.29. The van der Waals surface area contributed by atoms with Crippen LogP contribution >= 0.6 is 0 Å². The van der Waals surface area contributed by atoms with Gasteiger partial charge < -0.3 is 10.6 Å². The van der Waals surface area contributed by atoms with Gasteiger partial charge in [0.1, 0.15) is 0 Å². The fraction of sp³-hybridized carbons (Fsp3) is 1.00. The number of sulfonamides is 1. The second-order valence-electron chi connectivity index (χ2n) is 5.66. The first-order valence-electron chi connectivity index (χ1n) is 6.68. The molecule has 0 amide bonds. The Morgan fingerprint density at radius 2 is 2.17 bits per heavy atom. The van der Waals surface area contributed by atoms with Gasteiger partial charge >= 0.3 is 0 Å². The highest BCUT2D eigenvalue weighted by Gasteiger charge is 2.26. The van der Waals surface area contributed by atoms with Gasteiger partial charge in [-0.1, -0.05) is 0 Å². The maximum Gasteiger partial charge on any atom is 0.211 e. The van der Waals surface area contributed by atoms with Crippen LogP contribution in [0.5, 0.6) is 0 Å². The Labute approximate surface area is 111 Å². The summed E-state index contributed by atoms with van der Waals surface area (Å²) in [5.74, 6) is 0.451. The van der Waals surface area contributed by atoms with Crippen LogP contribution < -0.4 is 5.73 Å². The number of hydrogen-bond acceptors (Lipinski definition) is 4. The molecule has 0 bridgehead atoms. The lowest BCUT2D eigenvalue weighted by Gasteiger charge is -2.33. The lowest BCUT2D eigenvalue weighted by atomic mass is 9.99. The minimum atomic E-state index is -3.03. The molecule has 1 saturated heterocycles. The maximum absolute atomic E-state index is 11.5. The summed E-state index contributed by atoms with van der Waals surface area (Å²) in [5, 5.41) is 0. The molecule has 6 heteroatoms. The molecule has 108 valence electrons. The smallest absolute Gasteiger partial charge is 0.211 e. The lowest BCUT2D eigenvalue weighted by molar-refractivity contribution is 0.198. The van der Waals surface area contributed by atoms with E-state index in [1.54, 1.807) is 4.31 Å². The van der Waals surface area contributed by atoms with Crippen molar-refractivity contribution in [3.05, 3.63) is 0 Å². The Balaban J connectivity index is 2.38. The van der Waals surface area contributed by atoms with Crippen LogP contribution in [0.3, 0.4) is 0 Å². The predicted molar refractivity (Wildman–Crippen MR) is 74.9 cm³/mol. The molecule has 2 atom stereocenters. The van der Waals surface area contributed by atoms with E-state index in [2.05, 4.69) is 11.9 Å². The molecule has 2 N–H and O–H groups in total. The van der Waals surface area contributed by atoms with Gasteiger partial charge in [0.05, 0.1) is 6.26 Å². The van der Waals surface area contributed by atoms with Crippen molar-refractivity contribution < 1.29 is 8.42 Å². The Morgan fingerprint density at radius 1 is 1.50 bits per heavy atom. The van der Waals surface area contributed by atoms with E-state index in [1.807, 2.05) is 6.92 Å². The molecular weight excluding hydrogens is 250 g/mol. The van der Waals surface area contributed by atoms with Crippen LogP contribution in [0.1, 0.15) is 26.2 Å². The Morgan fingerprint density at radius 3 is 2.72 bits per heavy atom. The van der Waals surface area contributed by atoms with Crippen molar-refractivity contribution in [1.29, 1.82) is 0 Å². The molecule has 1 rings (SSSR count). The number of piperidine rings is 1. The summed E-state index contributed by atoms with van der Waals surface area (Å²) >= 11 is 0. The van der Waals surface area contributed by atoms with E-state index in [-0.39, 0.29) is 6.04 Å². The van der Waals surface area contributed by atoms with Crippen molar-refractivity contribution in [2.45, 2.75) is 32.2 Å². The maximum atomic E-state index is 11.5. The van der Waals surface area contributed by atoms with Crippen LogP contribution in [0, 0.1) is 5.92 Å². The van der Waals surface area contributed by atoms with Gasteiger partial charge in [0.15, 0.2) is 0 Å². The average molecular weight is 277 g/mol. The highest BCUT2D eigenvalue weighted by atomic mass is 32.2. The van der Waals surface area contributed by atoms with Crippen molar-refractivity contribution >= 4 is 10.0 Å². The molecule has 0 radical (unpaired) electrons. The van der Waals surface area contributed by atoms with Gasteiger partial charge in [0.2, 0.25) is 10.0 Å². The third kappa shape index (κ3) is 5.65. The van der Waals surface area contributed by atoms with E-state index in [9.17, 15) is 8.42 Å². The van der Waals surface area contributed by atoms with Gasteiger partial charge in [-0.05, 0) is 45.7 Å². The van der Waals surface area contributed by atoms with Gasteiger partial charge in [-0.25, -0.2) is 12.7 Å². The monoisotopic (exact) mass is 277 g/mol. The number of nitrogens with two attached hydrogens (primary N) is 1. The number of rotatable bonds is 6.